The third-order valence-electron chi connectivity index (χ3n) is 5.28. The largest absolute Gasteiger partial charge is 0.352 e. The molecule has 2 amide bonds. The molecule has 4 heteroatoms. The average Bonchev–Trinajstić information content (AvgIpc) is 3.15. The van der Waals surface area contributed by atoms with Gasteiger partial charge in [0.15, 0.2) is 0 Å². The fraction of sp³-hybridized carbons (Fsp3) is 0.600. The van der Waals surface area contributed by atoms with E-state index in [4.69, 9.17) is 0 Å². The fourth-order valence-electron chi connectivity index (χ4n) is 3.79. The number of benzene rings is 1. The minimum absolute atomic E-state index is 0.125. The second-order valence-electron chi connectivity index (χ2n) is 7.18. The molecular weight excluding hydrogens is 300 g/mol. The van der Waals surface area contributed by atoms with E-state index in [1.54, 1.807) is 0 Å². The number of carbonyl (C=O) groups is 2. The van der Waals surface area contributed by atoms with Crippen LogP contribution in [-0.2, 0) is 11.3 Å². The summed E-state index contributed by atoms with van der Waals surface area (Å²) in [6, 6.07) is 7.65. The van der Waals surface area contributed by atoms with Crippen molar-refractivity contribution >= 4 is 11.8 Å². The molecule has 2 aliphatic rings. The Bertz CT molecular complexity index is 556. The molecule has 0 bridgehead atoms. The predicted octanol–water partition coefficient (Wildman–Crippen LogP) is 3.51. The lowest BCUT2D eigenvalue weighted by atomic mass is 9.87. The van der Waals surface area contributed by atoms with Gasteiger partial charge in [-0.25, -0.2) is 0 Å². The quantitative estimate of drug-likeness (QED) is 0.899. The van der Waals surface area contributed by atoms with Crippen LogP contribution in [0.4, 0.5) is 0 Å². The minimum atomic E-state index is 0.125. The van der Waals surface area contributed by atoms with Crippen molar-refractivity contribution in [3.63, 3.8) is 0 Å². The van der Waals surface area contributed by atoms with Crippen molar-refractivity contribution in [2.45, 2.75) is 57.9 Å². The highest BCUT2D eigenvalue weighted by molar-refractivity contribution is 5.94. The molecule has 1 saturated carbocycles. The molecule has 24 heavy (non-hydrogen) atoms. The number of rotatable bonds is 5. The van der Waals surface area contributed by atoms with Crippen LogP contribution >= 0.6 is 0 Å². The van der Waals surface area contributed by atoms with E-state index in [0.717, 1.165) is 37.1 Å². The van der Waals surface area contributed by atoms with Crippen LogP contribution < -0.4 is 5.32 Å². The maximum absolute atomic E-state index is 12.3. The molecule has 1 aliphatic heterocycles. The van der Waals surface area contributed by atoms with Crippen molar-refractivity contribution in [2.24, 2.45) is 5.92 Å². The van der Waals surface area contributed by atoms with Gasteiger partial charge in [-0.2, -0.15) is 0 Å². The Kier molecular flexibility index (Phi) is 5.89. The van der Waals surface area contributed by atoms with Crippen LogP contribution in [0.15, 0.2) is 24.3 Å². The molecule has 130 valence electrons. The fourth-order valence-corrected chi connectivity index (χ4v) is 3.79. The van der Waals surface area contributed by atoms with Gasteiger partial charge in [-0.15, -0.1) is 0 Å². The number of hydrogen-bond acceptors (Lipinski definition) is 2. The molecule has 2 fully saturated rings. The Morgan fingerprint density at radius 3 is 2.29 bits per heavy atom. The summed E-state index contributed by atoms with van der Waals surface area (Å²) in [5.74, 6) is 0.846. The summed E-state index contributed by atoms with van der Waals surface area (Å²) < 4.78 is 0. The van der Waals surface area contributed by atoms with Gasteiger partial charge in [0, 0.05) is 31.6 Å². The van der Waals surface area contributed by atoms with Gasteiger partial charge < -0.3 is 10.2 Å². The van der Waals surface area contributed by atoms with E-state index in [1.807, 2.05) is 29.2 Å². The third kappa shape index (κ3) is 4.59. The van der Waals surface area contributed by atoms with E-state index in [-0.39, 0.29) is 11.8 Å². The monoisotopic (exact) mass is 328 g/mol. The average molecular weight is 328 g/mol. The SMILES string of the molecule is O=C(CC1CCCCC1)NCc1ccc(C(=O)N2CCCC2)cc1. The molecule has 3 rings (SSSR count). The van der Waals surface area contributed by atoms with Crippen LogP contribution in [0, 0.1) is 5.92 Å². The molecule has 0 spiro atoms. The van der Waals surface area contributed by atoms with E-state index in [9.17, 15) is 9.59 Å². The van der Waals surface area contributed by atoms with Gasteiger partial charge in [0.2, 0.25) is 5.91 Å². The number of amides is 2. The summed E-state index contributed by atoms with van der Waals surface area (Å²) in [7, 11) is 0. The summed E-state index contributed by atoms with van der Waals surface area (Å²) in [4.78, 5) is 26.3. The zero-order valence-corrected chi connectivity index (χ0v) is 14.4. The van der Waals surface area contributed by atoms with Crippen LogP contribution in [0.5, 0.6) is 0 Å². The smallest absolute Gasteiger partial charge is 0.253 e. The third-order valence-corrected chi connectivity index (χ3v) is 5.28. The second-order valence-corrected chi connectivity index (χ2v) is 7.18. The van der Waals surface area contributed by atoms with Crippen LogP contribution in [0.2, 0.25) is 0 Å². The highest BCUT2D eigenvalue weighted by Gasteiger charge is 2.19. The van der Waals surface area contributed by atoms with Crippen molar-refractivity contribution in [2.75, 3.05) is 13.1 Å². The van der Waals surface area contributed by atoms with E-state index in [1.165, 1.54) is 32.1 Å². The normalized spacial score (nSPS) is 18.6. The molecule has 1 aromatic rings. The highest BCUT2D eigenvalue weighted by Crippen LogP contribution is 2.26. The van der Waals surface area contributed by atoms with Gasteiger partial charge >= 0.3 is 0 Å². The lowest BCUT2D eigenvalue weighted by molar-refractivity contribution is -0.122. The van der Waals surface area contributed by atoms with Crippen molar-refractivity contribution in [1.29, 1.82) is 0 Å². The van der Waals surface area contributed by atoms with Crippen LogP contribution in [-0.4, -0.2) is 29.8 Å². The predicted molar refractivity (Wildman–Crippen MR) is 94.6 cm³/mol. The van der Waals surface area contributed by atoms with Crippen molar-refractivity contribution in [3.05, 3.63) is 35.4 Å². The maximum atomic E-state index is 12.3. The van der Waals surface area contributed by atoms with Gasteiger partial charge in [-0.05, 0) is 49.3 Å². The number of hydrogen-bond donors (Lipinski definition) is 1. The molecule has 0 unspecified atom stereocenters. The van der Waals surface area contributed by atoms with E-state index in [2.05, 4.69) is 5.32 Å². The second kappa shape index (κ2) is 8.32. The maximum Gasteiger partial charge on any atom is 0.253 e. The number of likely N-dealkylation sites (tertiary alicyclic amines) is 1. The summed E-state index contributed by atoms with van der Waals surface area (Å²) in [6.07, 6.45) is 9.12. The van der Waals surface area contributed by atoms with Gasteiger partial charge in [-0.1, -0.05) is 31.4 Å². The van der Waals surface area contributed by atoms with Gasteiger partial charge in [0.1, 0.15) is 0 Å². The van der Waals surface area contributed by atoms with E-state index >= 15 is 0 Å². The first kappa shape index (κ1) is 17.0. The molecule has 1 saturated heterocycles. The molecule has 0 aromatic heterocycles. The summed E-state index contributed by atoms with van der Waals surface area (Å²) in [5.41, 5.74) is 1.79. The van der Waals surface area contributed by atoms with Gasteiger partial charge in [0.25, 0.3) is 5.91 Å². The highest BCUT2D eigenvalue weighted by atomic mass is 16.2. The lowest BCUT2D eigenvalue weighted by Gasteiger charge is -2.20. The minimum Gasteiger partial charge on any atom is -0.352 e. The summed E-state index contributed by atoms with van der Waals surface area (Å²) >= 11 is 0. The van der Waals surface area contributed by atoms with Gasteiger partial charge in [-0.3, -0.25) is 9.59 Å². The standard InChI is InChI=1S/C20H28N2O2/c23-19(14-16-6-2-1-3-7-16)21-15-17-8-10-18(11-9-17)20(24)22-12-4-5-13-22/h8-11,16H,1-7,12-15H2,(H,21,23). The van der Waals surface area contributed by atoms with Crippen LogP contribution in [0.1, 0.15) is 67.3 Å². The molecule has 1 aliphatic carbocycles. The van der Waals surface area contributed by atoms with Crippen molar-refractivity contribution in [1.82, 2.24) is 10.2 Å². The van der Waals surface area contributed by atoms with Crippen LogP contribution in [0.3, 0.4) is 0 Å². The molecule has 0 radical (unpaired) electrons. The Labute approximate surface area is 144 Å². The molecule has 1 heterocycles. The molecule has 1 N–H and O–H groups in total. The number of carbonyl (C=O) groups excluding carboxylic acids is 2. The van der Waals surface area contributed by atoms with E-state index in [0.29, 0.717) is 18.9 Å². The van der Waals surface area contributed by atoms with Crippen molar-refractivity contribution in [3.8, 4) is 0 Å². The first-order valence-electron chi connectivity index (χ1n) is 9.37. The first-order valence-corrected chi connectivity index (χ1v) is 9.37. The Morgan fingerprint density at radius 1 is 0.958 bits per heavy atom. The summed E-state index contributed by atoms with van der Waals surface area (Å²) in [6.45, 7) is 2.29. The number of nitrogens with one attached hydrogen (secondary N) is 1. The Hall–Kier alpha value is -1.84. The molecular formula is C20H28N2O2. The van der Waals surface area contributed by atoms with Gasteiger partial charge in [0.05, 0.1) is 0 Å². The summed E-state index contributed by atoms with van der Waals surface area (Å²) in [5, 5.41) is 3.02. The molecule has 1 aromatic carbocycles. The van der Waals surface area contributed by atoms with E-state index < -0.39 is 0 Å². The van der Waals surface area contributed by atoms with Crippen molar-refractivity contribution < 1.29 is 9.59 Å². The van der Waals surface area contributed by atoms with Crippen LogP contribution in [0.25, 0.3) is 0 Å². The Balaban J connectivity index is 1.45. The topological polar surface area (TPSA) is 49.4 Å². The first-order chi connectivity index (χ1) is 11.7. The lowest BCUT2D eigenvalue weighted by Crippen LogP contribution is -2.27. The Morgan fingerprint density at radius 2 is 1.62 bits per heavy atom. The zero-order valence-electron chi connectivity index (χ0n) is 14.4. The number of nitrogens with zero attached hydrogens (tertiary/aromatic N) is 1. The zero-order chi connectivity index (χ0) is 16.8. The molecule has 0 atom stereocenters. The molecule has 4 nitrogen and oxygen atoms in total.